The average Bonchev–Trinajstić information content (AvgIpc) is 3.54. The van der Waals surface area contributed by atoms with Gasteiger partial charge < -0.3 is 13.9 Å². The molecule has 1 aromatic heterocycles. The lowest BCUT2D eigenvalue weighted by Gasteiger charge is -1.96. The van der Waals surface area contributed by atoms with Crippen molar-refractivity contribution in [2.24, 2.45) is 10.2 Å². The minimum atomic E-state index is -0.462. The van der Waals surface area contributed by atoms with Crippen molar-refractivity contribution in [2.45, 2.75) is 0 Å². The maximum atomic E-state index is 12.3. The molecule has 3 heterocycles. The fourth-order valence-electron chi connectivity index (χ4n) is 3.08. The lowest BCUT2D eigenvalue weighted by Crippen LogP contribution is -2.19. The fourth-order valence-corrected chi connectivity index (χ4v) is 3.84. The molecule has 0 aliphatic carbocycles. The van der Waals surface area contributed by atoms with Crippen LogP contribution in [0.25, 0.3) is 17.4 Å². The van der Waals surface area contributed by atoms with Crippen LogP contribution in [0.3, 0.4) is 0 Å². The molecular formula is C22H14N4O6S. The molecule has 11 heteroatoms. The molecule has 3 aromatic rings. The van der Waals surface area contributed by atoms with Gasteiger partial charge in [-0.05, 0) is 59.8 Å². The molecule has 1 amide bonds. The van der Waals surface area contributed by atoms with Gasteiger partial charge in [0.1, 0.15) is 11.5 Å². The van der Waals surface area contributed by atoms with Crippen LogP contribution in [0.4, 0.5) is 5.69 Å². The van der Waals surface area contributed by atoms with E-state index in [-0.39, 0.29) is 18.4 Å². The van der Waals surface area contributed by atoms with Crippen LogP contribution in [-0.4, -0.2) is 29.0 Å². The van der Waals surface area contributed by atoms with Gasteiger partial charge in [0.15, 0.2) is 16.7 Å². The molecule has 33 heavy (non-hydrogen) atoms. The maximum absolute atomic E-state index is 12.3. The van der Waals surface area contributed by atoms with Crippen molar-refractivity contribution in [1.82, 2.24) is 5.32 Å². The molecule has 1 fully saturated rings. The number of nitrogens with zero attached hydrogens (tertiary/aromatic N) is 3. The summed E-state index contributed by atoms with van der Waals surface area (Å²) in [6.45, 7) is 0.195. The summed E-state index contributed by atoms with van der Waals surface area (Å²) in [5, 5.41) is 21.8. The third-order valence-corrected chi connectivity index (χ3v) is 5.57. The summed E-state index contributed by atoms with van der Waals surface area (Å²) < 4.78 is 16.4. The van der Waals surface area contributed by atoms with Gasteiger partial charge in [-0.15, -0.1) is 5.10 Å². The van der Waals surface area contributed by atoms with Gasteiger partial charge in [0.2, 0.25) is 6.79 Å². The number of carbonyl (C=O) groups excluding carboxylic acids is 1. The molecule has 2 aliphatic rings. The van der Waals surface area contributed by atoms with Gasteiger partial charge in [-0.3, -0.25) is 20.2 Å². The number of fused-ring (bicyclic) bond motifs is 1. The van der Waals surface area contributed by atoms with Gasteiger partial charge in [-0.1, -0.05) is 0 Å². The van der Waals surface area contributed by atoms with Crippen molar-refractivity contribution in [2.75, 3.05) is 6.79 Å². The first-order valence-electron chi connectivity index (χ1n) is 9.61. The van der Waals surface area contributed by atoms with E-state index in [1.165, 1.54) is 12.1 Å². The smallest absolute Gasteiger partial charge is 0.269 e. The molecule has 1 N–H and O–H groups in total. The summed E-state index contributed by atoms with van der Waals surface area (Å²) in [5.41, 5.74) is 1.47. The van der Waals surface area contributed by atoms with Gasteiger partial charge in [0, 0.05) is 23.8 Å². The number of furan rings is 1. The second-order valence-corrected chi connectivity index (χ2v) is 7.86. The Hall–Kier alpha value is -4.38. The van der Waals surface area contributed by atoms with Crippen LogP contribution in [0.1, 0.15) is 11.3 Å². The highest BCUT2D eigenvalue weighted by molar-refractivity contribution is 8.18. The SMILES string of the molecule is O=C1N/C(=N/N=C/c2ccc3c(c2)OCO3)S/C1=C/c1ccc(-c2ccc([N+](=O)[O-])cc2)o1. The van der Waals surface area contributed by atoms with Crippen molar-refractivity contribution in [3.63, 3.8) is 0 Å². The van der Waals surface area contributed by atoms with Crippen LogP contribution < -0.4 is 14.8 Å². The van der Waals surface area contributed by atoms with Crippen LogP contribution in [-0.2, 0) is 4.79 Å². The van der Waals surface area contributed by atoms with E-state index in [1.807, 2.05) is 6.07 Å². The monoisotopic (exact) mass is 462 g/mol. The number of rotatable bonds is 5. The topological polar surface area (TPSA) is 129 Å². The number of amidine groups is 1. The Morgan fingerprint density at radius 3 is 2.70 bits per heavy atom. The van der Waals surface area contributed by atoms with Gasteiger partial charge in [-0.25, -0.2) is 0 Å². The third kappa shape index (κ3) is 4.48. The molecule has 0 bridgehead atoms. The van der Waals surface area contributed by atoms with Crippen molar-refractivity contribution < 1.29 is 23.6 Å². The zero-order chi connectivity index (χ0) is 22.8. The first-order chi connectivity index (χ1) is 16.0. The Morgan fingerprint density at radius 1 is 1.06 bits per heavy atom. The Balaban J connectivity index is 1.26. The standard InChI is InChI=1S/C22H14N4O6S/c27-21-20(10-16-6-8-17(32-16)14-2-4-15(5-3-14)26(28)29)33-22(24-21)25-23-11-13-1-7-18-19(9-13)31-12-30-18/h1-11H,12H2,(H,24,25,27)/b20-10+,23-11+. The zero-order valence-corrected chi connectivity index (χ0v) is 17.6. The van der Waals surface area contributed by atoms with Crippen molar-refractivity contribution in [3.05, 3.63) is 80.9 Å². The Kier molecular flexibility index (Phi) is 5.37. The maximum Gasteiger partial charge on any atom is 0.269 e. The summed E-state index contributed by atoms with van der Waals surface area (Å²) >= 11 is 1.14. The molecule has 0 atom stereocenters. The second kappa shape index (κ2) is 8.63. The molecule has 0 saturated carbocycles. The number of nitro benzene ring substituents is 1. The lowest BCUT2D eigenvalue weighted by atomic mass is 10.1. The number of non-ortho nitro benzene ring substituents is 1. The lowest BCUT2D eigenvalue weighted by molar-refractivity contribution is -0.384. The fraction of sp³-hybridized carbons (Fsp3) is 0.0455. The van der Waals surface area contributed by atoms with E-state index in [0.29, 0.717) is 38.7 Å². The van der Waals surface area contributed by atoms with Crippen LogP contribution >= 0.6 is 11.8 Å². The number of hydrogen-bond donors (Lipinski definition) is 1. The van der Waals surface area contributed by atoms with E-state index in [4.69, 9.17) is 13.9 Å². The van der Waals surface area contributed by atoms with Gasteiger partial charge >= 0.3 is 0 Å². The van der Waals surface area contributed by atoms with E-state index < -0.39 is 4.92 Å². The molecule has 164 valence electrons. The summed E-state index contributed by atoms with van der Waals surface area (Å²) in [4.78, 5) is 23.0. The normalized spacial score (nSPS) is 17.3. The summed E-state index contributed by atoms with van der Waals surface area (Å²) in [6, 6.07) is 14.9. The number of thioether (sulfide) groups is 1. The minimum Gasteiger partial charge on any atom is -0.457 e. The Morgan fingerprint density at radius 2 is 1.88 bits per heavy atom. The highest BCUT2D eigenvalue weighted by atomic mass is 32.2. The second-order valence-electron chi connectivity index (χ2n) is 6.83. The van der Waals surface area contributed by atoms with E-state index in [9.17, 15) is 14.9 Å². The first kappa shape index (κ1) is 20.5. The predicted molar refractivity (Wildman–Crippen MR) is 122 cm³/mol. The number of benzene rings is 2. The first-order valence-corrected chi connectivity index (χ1v) is 10.4. The predicted octanol–water partition coefficient (Wildman–Crippen LogP) is 4.18. The number of ether oxygens (including phenoxy) is 2. The number of nitrogens with one attached hydrogen (secondary N) is 1. The molecule has 5 rings (SSSR count). The third-order valence-electron chi connectivity index (χ3n) is 4.67. The van der Waals surface area contributed by atoms with Crippen LogP contribution in [0.2, 0.25) is 0 Å². The van der Waals surface area contributed by atoms with E-state index >= 15 is 0 Å². The van der Waals surface area contributed by atoms with E-state index in [0.717, 1.165) is 17.3 Å². The van der Waals surface area contributed by atoms with Crippen LogP contribution in [0.5, 0.6) is 11.5 Å². The highest BCUT2D eigenvalue weighted by Gasteiger charge is 2.24. The molecular weight excluding hydrogens is 448 g/mol. The molecule has 2 aliphatic heterocycles. The number of amides is 1. The zero-order valence-electron chi connectivity index (χ0n) is 16.8. The molecule has 0 radical (unpaired) electrons. The quantitative estimate of drug-likeness (QED) is 0.261. The average molecular weight is 462 g/mol. The van der Waals surface area contributed by atoms with Crippen molar-refractivity contribution in [1.29, 1.82) is 0 Å². The number of hydrogen-bond acceptors (Lipinski definition) is 9. The molecule has 0 unspecified atom stereocenters. The van der Waals surface area contributed by atoms with Crippen LogP contribution in [0.15, 0.2) is 74.1 Å². The van der Waals surface area contributed by atoms with E-state index in [2.05, 4.69) is 15.5 Å². The highest BCUT2D eigenvalue weighted by Crippen LogP contribution is 2.32. The summed E-state index contributed by atoms with van der Waals surface area (Å²) in [7, 11) is 0. The van der Waals surface area contributed by atoms with Crippen molar-refractivity contribution >= 4 is 40.8 Å². The Labute approximate surface area is 190 Å². The minimum absolute atomic E-state index is 0.000302. The summed E-state index contributed by atoms with van der Waals surface area (Å²) in [5.74, 6) is 2.01. The van der Waals surface area contributed by atoms with Gasteiger partial charge in [0.05, 0.1) is 16.0 Å². The number of nitro groups is 1. The largest absolute Gasteiger partial charge is 0.457 e. The molecule has 10 nitrogen and oxygen atoms in total. The van der Waals surface area contributed by atoms with E-state index in [1.54, 1.807) is 48.7 Å². The molecule has 2 aromatic carbocycles. The molecule has 0 spiro atoms. The van der Waals surface area contributed by atoms with Gasteiger partial charge in [0.25, 0.3) is 11.6 Å². The summed E-state index contributed by atoms with van der Waals surface area (Å²) in [6.07, 6.45) is 3.14. The Bertz CT molecular complexity index is 1340. The van der Waals surface area contributed by atoms with Crippen molar-refractivity contribution in [3.8, 4) is 22.8 Å². The van der Waals surface area contributed by atoms with Crippen LogP contribution in [0, 0.1) is 10.1 Å². The molecule has 1 saturated heterocycles. The number of carbonyl (C=O) groups is 1. The van der Waals surface area contributed by atoms with Gasteiger partial charge in [-0.2, -0.15) is 5.10 Å².